The monoisotopic (exact) mass is 311 g/mol. The van der Waals surface area contributed by atoms with Crippen molar-refractivity contribution in [1.29, 1.82) is 0 Å². The summed E-state index contributed by atoms with van der Waals surface area (Å²) in [4.78, 5) is 2.33. The second-order valence-electron chi connectivity index (χ2n) is 5.02. The van der Waals surface area contributed by atoms with Gasteiger partial charge in [-0.05, 0) is 43.2 Å². The summed E-state index contributed by atoms with van der Waals surface area (Å²) in [5, 5.41) is 0.753. The molecule has 0 aliphatic carbocycles. The molecule has 22 heavy (non-hydrogen) atoms. The van der Waals surface area contributed by atoms with Gasteiger partial charge in [0.15, 0.2) is 0 Å². The summed E-state index contributed by atoms with van der Waals surface area (Å²) in [5.41, 5.74) is 4.50. The molecule has 0 unspecified atom stereocenters. The third-order valence-corrected chi connectivity index (χ3v) is 4.09. The van der Waals surface area contributed by atoms with E-state index < -0.39 is 0 Å². The molecule has 0 N–H and O–H groups in total. The van der Waals surface area contributed by atoms with Crippen LogP contribution < -0.4 is 4.90 Å². The lowest BCUT2D eigenvalue weighted by Crippen LogP contribution is -2.21. The predicted octanol–water partition coefficient (Wildman–Crippen LogP) is 5.80. The van der Waals surface area contributed by atoms with Crippen LogP contribution in [0.5, 0.6) is 0 Å². The van der Waals surface area contributed by atoms with E-state index in [0.29, 0.717) is 0 Å². The third-order valence-electron chi connectivity index (χ3n) is 3.76. The second-order valence-corrected chi connectivity index (χ2v) is 5.42. The van der Waals surface area contributed by atoms with Crippen LogP contribution in [0.2, 0.25) is 5.02 Å². The molecule has 0 radical (unpaired) electrons. The van der Waals surface area contributed by atoms with Crippen molar-refractivity contribution in [3.63, 3.8) is 0 Å². The molecular formula is C20H22ClN. The van der Waals surface area contributed by atoms with Crippen LogP contribution in [0.15, 0.2) is 67.3 Å². The zero-order valence-electron chi connectivity index (χ0n) is 13.2. The quantitative estimate of drug-likeness (QED) is 0.609. The summed E-state index contributed by atoms with van der Waals surface area (Å²) in [7, 11) is 0. The normalized spacial score (nSPS) is 11.3. The Balaban J connectivity index is 2.41. The molecule has 2 aromatic rings. The van der Waals surface area contributed by atoms with Crippen molar-refractivity contribution in [1.82, 2.24) is 0 Å². The average Bonchev–Trinajstić information content (AvgIpc) is 2.55. The fraction of sp³-hybridized carbons (Fsp3) is 0.200. The van der Waals surface area contributed by atoms with Crippen molar-refractivity contribution in [2.24, 2.45) is 0 Å². The van der Waals surface area contributed by atoms with Gasteiger partial charge in [0.25, 0.3) is 0 Å². The first-order valence-corrected chi connectivity index (χ1v) is 8.02. The highest BCUT2D eigenvalue weighted by Crippen LogP contribution is 2.30. The number of halogens is 1. The maximum atomic E-state index is 6.35. The molecule has 0 aromatic heterocycles. The van der Waals surface area contributed by atoms with Gasteiger partial charge < -0.3 is 4.90 Å². The van der Waals surface area contributed by atoms with E-state index in [4.69, 9.17) is 11.6 Å². The zero-order chi connectivity index (χ0) is 15.9. The Hall–Kier alpha value is -1.99. The predicted molar refractivity (Wildman–Crippen MR) is 98.7 cm³/mol. The number of hydrogen-bond acceptors (Lipinski definition) is 1. The van der Waals surface area contributed by atoms with E-state index in [1.165, 1.54) is 5.69 Å². The lowest BCUT2D eigenvalue weighted by atomic mass is 9.97. The molecule has 2 aromatic carbocycles. The Morgan fingerprint density at radius 3 is 2.23 bits per heavy atom. The lowest BCUT2D eigenvalue weighted by molar-refractivity contribution is 0.866. The van der Waals surface area contributed by atoms with E-state index in [1.54, 1.807) is 6.08 Å². The molecule has 2 heteroatoms. The van der Waals surface area contributed by atoms with E-state index in [-0.39, 0.29) is 0 Å². The van der Waals surface area contributed by atoms with Gasteiger partial charge in [0.2, 0.25) is 0 Å². The fourth-order valence-corrected chi connectivity index (χ4v) is 2.82. The molecule has 0 heterocycles. The number of anilines is 1. The number of hydrogen-bond donors (Lipinski definition) is 0. The Labute approximate surface area is 138 Å². The summed E-state index contributed by atoms with van der Waals surface area (Å²) in [6.45, 7) is 10.2. The molecule has 114 valence electrons. The first kappa shape index (κ1) is 16.4. The molecule has 0 spiro atoms. The van der Waals surface area contributed by atoms with E-state index >= 15 is 0 Å². The topological polar surface area (TPSA) is 3.24 Å². The van der Waals surface area contributed by atoms with Gasteiger partial charge in [0, 0.05) is 29.4 Å². The summed E-state index contributed by atoms with van der Waals surface area (Å²) >= 11 is 6.35. The van der Waals surface area contributed by atoms with Crippen LogP contribution in [0.3, 0.4) is 0 Å². The first-order valence-electron chi connectivity index (χ1n) is 7.64. The SMILES string of the molecule is C=CC=C(c1ccc(N(CC)CC)cc1)c1ccccc1Cl. The lowest BCUT2D eigenvalue weighted by Gasteiger charge is -2.21. The molecule has 0 aliphatic rings. The molecule has 0 saturated heterocycles. The Morgan fingerprint density at radius 1 is 1.05 bits per heavy atom. The molecular weight excluding hydrogens is 290 g/mol. The number of benzene rings is 2. The van der Waals surface area contributed by atoms with E-state index in [9.17, 15) is 0 Å². The minimum absolute atomic E-state index is 0.753. The van der Waals surface area contributed by atoms with Crippen LogP contribution in [0.4, 0.5) is 5.69 Å². The van der Waals surface area contributed by atoms with E-state index in [1.807, 2.05) is 30.3 Å². The molecule has 0 atom stereocenters. The number of rotatable bonds is 6. The average molecular weight is 312 g/mol. The number of allylic oxidation sites excluding steroid dienone is 2. The largest absolute Gasteiger partial charge is 0.372 e. The summed E-state index contributed by atoms with van der Waals surface area (Å²) in [5.74, 6) is 0. The van der Waals surface area contributed by atoms with Crippen molar-refractivity contribution in [3.8, 4) is 0 Å². The highest BCUT2D eigenvalue weighted by Gasteiger charge is 2.09. The summed E-state index contributed by atoms with van der Waals surface area (Å²) in [6.07, 6.45) is 3.81. The molecule has 2 rings (SSSR count). The minimum Gasteiger partial charge on any atom is -0.372 e. The second kappa shape index (κ2) is 7.86. The summed E-state index contributed by atoms with van der Waals surface area (Å²) in [6, 6.07) is 16.5. The van der Waals surface area contributed by atoms with Gasteiger partial charge in [-0.2, -0.15) is 0 Å². The van der Waals surface area contributed by atoms with Crippen LogP contribution in [0, 0.1) is 0 Å². The van der Waals surface area contributed by atoms with Crippen LogP contribution in [0.25, 0.3) is 5.57 Å². The Bertz CT molecular complexity index is 652. The van der Waals surface area contributed by atoms with Gasteiger partial charge in [0.05, 0.1) is 0 Å². The Morgan fingerprint density at radius 2 is 1.68 bits per heavy atom. The number of nitrogens with zero attached hydrogens (tertiary/aromatic N) is 1. The maximum absolute atomic E-state index is 6.35. The molecule has 0 aliphatic heterocycles. The van der Waals surface area contributed by atoms with Gasteiger partial charge in [-0.15, -0.1) is 0 Å². The van der Waals surface area contributed by atoms with Gasteiger partial charge in [-0.3, -0.25) is 0 Å². The smallest absolute Gasteiger partial charge is 0.0484 e. The highest BCUT2D eigenvalue weighted by atomic mass is 35.5. The van der Waals surface area contributed by atoms with E-state index in [2.05, 4.69) is 49.6 Å². The van der Waals surface area contributed by atoms with Gasteiger partial charge in [0.1, 0.15) is 0 Å². The van der Waals surface area contributed by atoms with Gasteiger partial charge in [-0.25, -0.2) is 0 Å². The third kappa shape index (κ3) is 3.61. The molecule has 0 bridgehead atoms. The zero-order valence-corrected chi connectivity index (χ0v) is 14.0. The van der Waals surface area contributed by atoms with E-state index in [0.717, 1.165) is 34.8 Å². The summed E-state index contributed by atoms with van der Waals surface area (Å²) < 4.78 is 0. The van der Waals surface area contributed by atoms with Crippen molar-refractivity contribution in [2.45, 2.75) is 13.8 Å². The fourth-order valence-electron chi connectivity index (χ4n) is 2.58. The van der Waals surface area contributed by atoms with Crippen LogP contribution in [-0.4, -0.2) is 13.1 Å². The highest BCUT2D eigenvalue weighted by molar-refractivity contribution is 6.32. The maximum Gasteiger partial charge on any atom is 0.0484 e. The van der Waals surface area contributed by atoms with Crippen LogP contribution in [-0.2, 0) is 0 Å². The van der Waals surface area contributed by atoms with Crippen LogP contribution in [0.1, 0.15) is 25.0 Å². The minimum atomic E-state index is 0.753. The van der Waals surface area contributed by atoms with Crippen molar-refractivity contribution in [2.75, 3.05) is 18.0 Å². The van der Waals surface area contributed by atoms with Crippen molar-refractivity contribution >= 4 is 22.9 Å². The molecule has 0 amide bonds. The Kier molecular flexibility index (Phi) is 5.85. The van der Waals surface area contributed by atoms with Crippen LogP contribution >= 0.6 is 11.6 Å². The molecule has 0 fully saturated rings. The first-order chi connectivity index (χ1) is 10.7. The van der Waals surface area contributed by atoms with Crippen molar-refractivity contribution < 1.29 is 0 Å². The molecule has 0 saturated carbocycles. The van der Waals surface area contributed by atoms with Gasteiger partial charge >= 0.3 is 0 Å². The van der Waals surface area contributed by atoms with Crippen molar-refractivity contribution in [3.05, 3.63) is 83.4 Å². The molecule has 1 nitrogen and oxygen atoms in total. The standard InChI is InChI=1S/C20H22ClN/c1-4-9-18(19-10-7-8-11-20(19)21)16-12-14-17(15-13-16)22(5-2)6-3/h4,7-15H,1,5-6H2,2-3H3. The van der Waals surface area contributed by atoms with Gasteiger partial charge in [-0.1, -0.05) is 60.7 Å².